The van der Waals surface area contributed by atoms with E-state index in [0.29, 0.717) is 17.0 Å². The van der Waals surface area contributed by atoms with Crippen molar-refractivity contribution in [3.63, 3.8) is 0 Å². The molecule has 18 heavy (non-hydrogen) atoms. The Hall–Kier alpha value is -0.800. The number of halogens is 3. The zero-order chi connectivity index (χ0) is 13.9. The van der Waals surface area contributed by atoms with Crippen LogP contribution < -0.4 is 5.32 Å². The molecule has 0 aliphatic heterocycles. The topological polar surface area (TPSA) is 29.1 Å². The number of rotatable bonds is 4. The molecule has 0 bridgehead atoms. The molecule has 0 saturated heterocycles. The zero-order valence-corrected chi connectivity index (χ0v) is 12.1. The molecule has 0 saturated carbocycles. The summed E-state index contributed by atoms with van der Waals surface area (Å²) < 4.78 is 13.4. The Morgan fingerprint density at radius 1 is 1.28 bits per heavy atom. The van der Waals surface area contributed by atoms with Gasteiger partial charge in [-0.15, -0.1) is 0 Å². The fourth-order valence-electron chi connectivity index (χ4n) is 1.62. The average Bonchev–Trinajstić information content (AvgIpc) is 2.21. The third kappa shape index (κ3) is 4.14. The van der Waals surface area contributed by atoms with Crippen molar-refractivity contribution in [3.8, 4) is 0 Å². The monoisotopic (exact) mass is 291 g/mol. The van der Waals surface area contributed by atoms with E-state index in [0.717, 1.165) is 0 Å². The third-order valence-electron chi connectivity index (χ3n) is 2.48. The molecule has 0 radical (unpaired) electrons. The maximum atomic E-state index is 13.4. The van der Waals surface area contributed by atoms with Crippen molar-refractivity contribution < 1.29 is 9.18 Å². The van der Waals surface area contributed by atoms with Gasteiger partial charge in [0.15, 0.2) is 0 Å². The van der Waals surface area contributed by atoms with Crippen LogP contribution in [0.1, 0.15) is 38.8 Å². The lowest BCUT2D eigenvalue weighted by atomic mass is 10.1. The summed E-state index contributed by atoms with van der Waals surface area (Å²) in [4.78, 5) is 11.6. The molecule has 5 heteroatoms. The van der Waals surface area contributed by atoms with E-state index < -0.39 is 5.82 Å². The Morgan fingerprint density at radius 3 is 2.44 bits per heavy atom. The summed E-state index contributed by atoms with van der Waals surface area (Å²) in [5.41, 5.74) is 0.524. The maximum Gasteiger partial charge on any atom is 0.220 e. The Balaban J connectivity index is 2.81. The van der Waals surface area contributed by atoms with E-state index in [1.54, 1.807) is 6.92 Å². The Kier molecular flexibility index (Phi) is 5.42. The fourth-order valence-corrected chi connectivity index (χ4v) is 2.17. The van der Waals surface area contributed by atoms with E-state index in [2.05, 4.69) is 5.32 Å². The molecule has 0 fully saturated rings. The number of hydrogen-bond donors (Lipinski definition) is 1. The average molecular weight is 292 g/mol. The highest BCUT2D eigenvalue weighted by Gasteiger charge is 2.15. The van der Waals surface area contributed by atoms with Crippen molar-refractivity contribution in [2.45, 2.75) is 33.2 Å². The molecule has 1 unspecified atom stereocenters. The lowest BCUT2D eigenvalue weighted by Gasteiger charge is -2.17. The van der Waals surface area contributed by atoms with Crippen molar-refractivity contribution >= 4 is 29.1 Å². The Bertz CT molecular complexity index is 449. The second-order valence-electron chi connectivity index (χ2n) is 4.68. The van der Waals surface area contributed by atoms with Crippen LogP contribution in [-0.2, 0) is 4.79 Å². The molecule has 0 aliphatic carbocycles. The summed E-state index contributed by atoms with van der Waals surface area (Å²) in [6.45, 7) is 5.67. The molecule has 0 aliphatic rings. The summed E-state index contributed by atoms with van der Waals surface area (Å²) in [6, 6.07) is 2.25. The van der Waals surface area contributed by atoms with Crippen LogP contribution >= 0.6 is 23.2 Å². The number of hydrogen-bond acceptors (Lipinski definition) is 1. The molecule has 1 amide bonds. The predicted octanol–water partition coefficient (Wildman–Crippen LogP) is 4.36. The first kappa shape index (κ1) is 15.3. The standard InChI is InChI=1S/C13H16Cl2FNO/c1-7(2)4-13(18)17-8(3)9-5-12(16)11(15)6-10(9)14/h5-8H,4H2,1-3H3,(H,17,18). The van der Waals surface area contributed by atoms with E-state index in [1.165, 1.54) is 12.1 Å². The quantitative estimate of drug-likeness (QED) is 0.821. The van der Waals surface area contributed by atoms with Gasteiger partial charge in [-0.1, -0.05) is 37.0 Å². The Labute approximate surface area is 116 Å². The first-order valence-corrected chi connectivity index (χ1v) is 6.50. The summed E-state index contributed by atoms with van der Waals surface area (Å²) in [5.74, 6) is -0.348. The van der Waals surface area contributed by atoms with E-state index >= 15 is 0 Å². The largest absolute Gasteiger partial charge is 0.350 e. The minimum atomic E-state index is -0.541. The SMILES string of the molecule is CC(C)CC(=O)NC(C)c1cc(F)c(Cl)cc1Cl. The van der Waals surface area contributed by atoms with Crippen LogP contribution in [0.3, 0.4) is 0 Å². The third-order valence-corrected chi connectivity index (χ3v) is 3.09. The lowest BCUT2D eigenvalue weighted by molar-refractivity contribution is -0.122. The van der Waals surface area contributed by atoms with E-state index in [4.69, 9.17) is 23.2 Å². The predicted molar refractivity (Wildman–Crippen MR) is 72.4 cm³/mol. The van der Waals surface area contributed by atoms with Gasteiger partial charge in [-0.2, -0.15) is 0 Å². The van der Waals surface area contributed by atoms with E-state index in [9.17, 15) is 9.18 Å². The minimum absolute atomic E-state index is 0.0237. The molecule has 0 heterocycles. The highest BCUT2D eigenvalue weighted by atomic mass is 35.5. The van der Waals surface area contributed by atoms with Gasteiger partial charge in [-0.25, -0.2) is 4.39 Å². The second kappa shape index (κ2) is 6.39. The number of carbonyl (C=O) groups excluding carboxylic acids is 1. The molecular formula is C13H16Cl2FNO. The molecule has 2 nitrogen and oxygen atoms in total. The number of nitrogens with one attached hydrogen (secondary N) is 1. The van der Waals surface area contributed by atoms with Gasteiger partial charge in [0, 0.05) is 11.4 Å². The van der Waals surface area contributed by atoms with Crippen molar-refractivity contribution in [2.24, 2.45) is 5.92 Å². The molecule has 0 aromatic heterocycles. The summed E-state index contributed by atoms with van der Waals surface area (Å²) in [7, 11) is 0. The first-order valence-electron chi connectivity index (χ1n) is 5.75. The van der Waals surface area contributed by atoms with Crippen molar-refractivity contribution in [3.05, 3.63) is 33.6 Å². The molecular weight excluding hydrogens is 276 g/mol. The van der Waals surface area contributed by atoms with Gasteiger partial charge in [0.1, 0.15) is 5.82 Å². The van der Waals surface area contributed by atoms with Gasteiger partial charge < -0.3 is 5.32 Å². The molecule has 1 rings (SSSR count). The Morgan fingerprint density at radius 2 is 1.89 bits per heavy atom. The first-order chi connectivity index (χ1) is 8.31. The number of benzene rings is 1. The van der Waals surface area contributed by atoms with Gasteiger partial charge in [-0.3, -0.25) is 4.79 Å². The molecule has 1 N–H and O–H groups in total. The second-order valence-corrected chi connectivity index (χ2v) is 5.49. The molecule has 0 spiro atoms. The molecule has 1 aromatic rings. The van der Waals surface area contributed by atoms with Crippen LogP contribution in [0.5, 0.6) is 0 Å². The molecule has 1 aromatic carbocycles. The minimum Gasteiger partial charge on any atom is -0.350 e. The zero-order valence-electron chi connectivity index (χ0n) is 10.6. The van der Waals surface area contributed by atoms with Gasteiger partial charge in [0.05, 0.1) is 11.1 Å². The van der Waals surface area contributed by atoms with Crippen molar-refractivity contribution in [1.29, 1.82) is 0 Å². The molecule has 1 atom stereocenters. The highest BCUT2D eigenvalue weighted by Crippen LogP contribution is 2.28. The summed E-state index contributed by atoms with van der Waals surface area (Å²) >= 11 is 11.6. The summed E-state index contributed by atoms with van der Waals surface area (Å²) in [5, 5.41) is 3.10. The van der Waals surface area contributed by atoms with Gasteiger partial charge in [0.2, 0.25) is 5.91 Å². The smallest absolute Gasteiger partial charge is 0.220 e. The number of carbonyl (C=O) groups is 1. The lowest BCUT2D eigenvalue weighted by Crippen LogP contribution is -2.27. The molecule has 100 valence electrons. The van der Waals surface area contributed by atoms with Crippen molar-refractivity contribution in [1.82, 2.24) is 5.32 Å². The van der Waals surface area contributed by atoms with Crippen LogP contribution in [0.25, 0.3) is 0 Å². The van der Waals surface area contributed by atoms with Gasteiger partial charge >= 0.3 is 0 Å². The fraction of sp³-hybridized carbons (Fsp3) is 0.462. The van der Waals surface area contributed by atoms with Gasteiger partial charge in [-0.05, 0) is 30.5 Å². The van der Waals surface area contributed by atoms with E-state index in [1.807, 2.05) is 13.8 Å². The summed E-state index contributed by atoms with van der Waals surface area (Å²) in [6.07, 6.45) is 0.429. The van der Waals surface area contributed by atoms with Crippen LogP contribution in [0, 0.1) is 11.7 Å². The highest BCUT2D eigenvalue weighted by molar-refractivity contribution is 6.35. The van der Waals surface area contributed by atoms with Crippen molar-refractivity contribution in [2.75, 3.05) is 0 Å². The van der Waals surface area contributed by atoms with Crippen LogP contribution in [0.4, 0.5) is 4.39 Å². The van der Waals surface area contributed by atoms with Crippen LogP contribution in [-0.4, -0.2) is 5.91 Å². The van der Waals surface area contributed by atoms with Gasteiger partial charge in [0.25, 0.3) is 0 Å². The number of amides is 1. The normalized spacial score (nSPS) is 12.6. The van der Waals surface area contributed by atoms with E-state index in [-0.39, 0.29) is 22.9 Å². The van der Waals surface area contributed by atoms with Crippen LogP contribution in [0.2, 0.25) is 10.0 Å². The maximum absolute atomic E-state index is 13.4. The van der Waals surface area contributed by atoms with Crippen LogP contribution in [0.15, 0.2) is 12.1 Å².